The normalized spacial score (nSPS) is 13.1. The zero-order valence-corrected chi connectivity index (χ0v) is 38.0. The minimum absolute atomic E-state index is 0.211. The minimum Gasteiger partial charge on any atom is -0.330 e. The second-order valence-electron chi connectivity index (χ2n) is 17.1. The number of imide groups is 1. The zero-order valence-electron chi connectivity index (χ0n) is 38.0. The smallest absolute Gasteiger partial charge is 0.257 e. The lowest BCUT2D eigenvalue weighted by atomic mass is 10.1. The highest BCUT2D eigenvalue weighted by Gasteiger charge is 2.33. The molecule has 0 unspecified atom stereocenters. The molecular weight excluding hydrogens is 805 g/mol. The number of para-hydroxylation sites is 2. The first-order chi connectivity index (χ1) is 31.2. The molecular formula is C50H68N10O4. The molecule has 342 valence electrons. The van der Waals surface area contributed by atoms with E-state index in [0.29, 0.717) is 51.9 Å². The Kier molecular flexibility index (Phi) is 18.6. The molecule has 0 spiro atoms. The molecule has 14 nitrogen and oxygen atoms in total. The van der Waals surface area contributed by atoms with Crippen molar-refractivity contribution in [3.8, 4) is 0 Å². The van der Waals surface area contributed by atoms with Crippen LogP contribution in [0.2, 0.25) is 0 Å². The summed E-state index contributed by atoms with van der Waals surface area (Å²) in [5.41, 5.74) is 8.37. The average molecular weight is 873 g/mol. The van der Waals surface area contributed by atoms with E-state index in [4.69, 9.17) is 5.73 Å². The van der Waals surface area contributed by atoms with E-state index in [-0.39, 0.29) is 31.4 Å². The van der Waals surface area contributed by atoms with Crippen molar-refractivity contribution >= 4 is 58.0 Å². The van der Waals surface area contributed by atoms with Crippen molar-refractivity contribution in [1.29, 1.82) is 0 Å². The van der Waals surface area contributed by atoms with Crippen LogP contribution < -0.4 is 26.2 Å². The van der Waals surface area contributed by atoms with Crippen molar-refractivity contribution < 1.29 is 19.2 Å². The number of nitrogens with one attached hydrogen (secondary N) is 2. The van der Waals surface area contributed by atoms with Gasteiger partial charge in [-0.1, -0.05) is 75.6 Å². The number of nitrogens with zero attached hydrogens (tertiary/aromatic N) is 7. The van der Waals surface area contributed by atoms with Gasteiger partial charge in [0.1, 0.15) is 13.1 Å². The number of aromatic nitrogens is 2. The maximum atomic E-state index is 14.6. The number of anilines is 6. The van der Waals surface area contributed by atoms with E-state index in [2.05, 4.69) is 44.5 Å². The first-order valence-electron chi connectivity index (χ1n) is 23.4. The summed E-state index contributed by atoms with van der Waals surface area (Å²) in [7, 11) is 4.44. The van der Waals surface area contributed by atoms with E-state index in [1.54, 1.807) is 82.9 Å². The van der Waals surface area contributed by atoms with Crippen molar-refractivity contribution in [1.82, 2.24) is 24.7 Å². The number of hydrogen-bond acceptors (Lipinski definition) is 11. The summed E-state index contributed by atoms with van der Waals surface area (Å²) in [5, 5.41) is 5.85. The van der Waals surface area contributed by atoms with Crippen LogP contribution >= 0.6 is 0 Å². The Bertz CT molecular complexity index is 2030. The van der Waals surface area contributed by atoms with E-state index in [1.807, 2.05) is 12.1 Å². The highest BCUT2D eigenvalue weighted by atomic mass is 16.2. The molecule has 4 amide bonds. The highest BCUT2D eigenvalue weighted by molar-refractivity contribution is 6.14. The molecule has 0 atom stereocenters. The molecule has 2 aromatic carbocycles. The van der Waals surface area contributed by atoms with Gasteiger partial charge in [-0.25, -0.2) is 9.97 Å². The number of nitrogens with two attached hydrogens (primary N) is 1. The van der Waals surface area contributed by atoms with Gasteiger partial charge in [0.25, 0.3) is 11.8 Å². The topological polar surface area (TPSA) is 160 Å². The summed E-state index contributed by atoms with van der Waals surface area (Å²) in [5.74, 6) is -0.651. The summed E-state index contributed by atoms with van der Waals surface area (Å²) in [6.07, 6.45) is 19.3. The van der Waals surface area contributed by atoms with Crippen LogP contribution in [-0.2, 0) is 9.59 Å². The van der Waals surface area contributed by atoms with Crippen LogP contribution in [-0.4, -0.2) is 115 Å². The number of pyridine rings is 2. The largest absolute Gasteiger partial charge is 0.330 e. The summed E-state index contributed by atoms with van der Waals surface area (Å²) < 4.78 is 0. The Hall–Kier alpha value is -5.70. The Morgan fingerprint density at radius 2 is 0.891 bits per heavy atom. The lowest BCUT2D eigenvalue weighted by Crippen LogP contribution is -2.47. The molecule has 4 aromatic rings. The van der Waals surface area contributed by atoms with Gasteiger partial charge in [-0.05, 0) is 134 Å². The summed E-state index contributed by atoms with van der Waals surface area (Å²) in [6, 6.07) is 21.1. The Labute approximate surface area is 379 Å². The number of carbonyl (C=O) groups is 4. The van der Waals surface area contributed by atoms with Crippen molar-refractivity contribution in [3.63, 3.8) is 0 Å². The number of unbranched alkanes of at least 4 members (excludes halogenated alkanes) is 11. The molecule has 6 rings (SSSR count). The third-order valence-corrected chi connectivity index (χ3v) is 12.1. The van der Waals surface area contributed by atoms with Crippen LogP contribution in [0, 0.1) is 0 Å². The van der Waals surface area contributed by atoms with Gasteiger partial charge in [0, 0.05) is 18.9 Å². The third-order valence-electron chi connectivity index (χ3n) is 12.1. The number of fused-ring (bicyclic) bond motifs is 4. The molecule has 2 aliphatic heterocycles. The number of carbonyl (C=O) groups excluding carboxylic acids is 4. The van der Waals surface area contributed by atoms with Gasteiger partial charge in [0.15, 0.2) is 11.6 Å². The highest BCUT2D eigenvalue weighted by Crippen LogP contribution is 2.37. The minimum atomic E-state index is -0.430. The summed E-state index contributed by atoms with van der Waals surface area (Å²) in [6.45, 7) is 5.01. The Morgan fingerprint density at radius 3 is 1.31 bits per heavy atom. The predicted octanol–water partition coefficient (Wildman–Crippen LogP) is 8.22. The van der Waals surface area contributed by atoms with Crippen molar-refractivity contribution in [2.24, 2.45) is 5.73 Å². The maximum absolute atomic E-state index is 14.6. The average Bonchev–Trinajstić information content (AvgIpc) is 3.50. The summed E-state index contributed by atoms with van der Waals surface area (Å²) >= 11 is 0. The molecule has 0 aliphatic carbocycles. The van der Waals surface area contributed by atoms with Crippen LogP contribution in [0.1, 0.15) is 111 Å². The van der Waals surface area contributed by atoms with E-state index >= 15 is 0 Å². The molecule has 0 radical (unpaired) electrons. The molecule has 0 bridgehead atoms. The molecule has 0 saturated heterocycles. The second-order valence-corrected chi connectivity index (χ2v) is 17.1. The van der Waals surface area contributed by atoms with Gasteiger partial charge in [-0.2, -0.15) is 0 Å². The third kappa shape index (κ3) is 13.4. The van der Waals surface area contributed by atoms with E-state index in [1.165, 1.54) is 75.8 Å². The second kappa shape index (κ2) is 25.0. The molecule has 0 fully saturated rings. The monoisotopic (exact) mass is 873 g/mol. The first kappa shape index (κ1) is 47.8. The van der Waals surface area contributed by atoms with Crippen LogP contribution in [0.4, 0.5) is 34.4 Å². The summed E-state index contributed by atoms with van der Waals surface area (Å²) in [4.78, 5) is 74.6. The molecule has 14 heteroatoms. The van der Waals surface area contributed by atoms with Crippen LogP contribution in [0.25, 0.3) is 0 Å². The number of amides is 4. The fourth-order valence-electron chi connectivity index (χ4n) is 8.56. The quantitative estimate of drug-likeness (QED) is 0.0522. The van der Waals surface area contributed by atoms with Crippen molar-refractivity contribution in [3.05, 3.63) is 96.3 Å². The van der Waals surface area contributed by atoms with Gasteiger partial charge in [0.05, 0.1) is 33.9 Å². The molecule has 4 heterocycles. The van der Waals surface area contributed by atoms with Gasteiger partial charge in [0.2, 0.25) is 11.8 Å². The molecule has 2 aromatic heterocycles. The zero-order chi connectivity index (χ0) is 45.1. The standard InChI is InChI=1S/C50H68N10O4/c1-56(34-18-8-5-15-29-51)32-16-6-3-4-7-17-33-57(2)35-19-9-10-20-36-58(45(61)37-59-43-27-13-11-23-39(43)49(63)54-41-25-21-30-52-47(41)59)46(62)38-60-44-28-14-12-24-40(44)50(64)55-42-26-22-31-53-48(42)60/h11-14,21-28,30-31H,3-10,15-20,29,32-38,51H2,1-2H3,(H,54,63)(H,55,64). The lowest BCUT2D eigenvalue weighted by molar-refractivity contribution is -0.143. The number of hydrogen-bond donors (Lipinski definition) is 3. The fraction of sp³-hybridized carbons (Fsp3) is 0.480. The van der Waals surface area contributed by atoms with Crippen LogP contribution in [0.3, 0.4) is 0 Å². The molecule has 4 N–H and O–H groups in total. The Morgan fingerprint density at radius 1 is 0.516 bits per heavy atom. The fourth-order valence-corrected chi connectivity index (χ4v) is 8.56. The van der Waals surface area contributed by atoms with Crippen molar-refractivity contribution in [2.75, 3.05) is 86.9 Å². The maximum Gasteiger partial charge on any atom is 0.257 e. The van der Waals surface area contributed by atoms with Crippen molar-refractivity contribution in [2.45, 2.75) is 89.9 Å². The lowest BCUT2D eigenvalue weighted by Gasteiger charge is -2.30. The molecule has 64 heavy (non-hydrogen) atoms. The SMILES string of the molecule is CN(CCCCCCN)CCCCCCCCN(C)CCCCCCN(C(=O)CN1c2ccccc2C(=O)Nc2cccnc21)C(=O)CN1c2ccccc2C(=O)Nc2cccnc21. The van der Waals surface area contributed by atoms with Gasteiger partial charge >= 0.3 is 0 Å². The Balaban J connectivity index is 1.03. The number of benzene rings is 2. The first-order valence-corrected chi connectivity index (χ1v) is 23.4. The molecule has 2 aliphatic rings. The predicted molar refractivity (Wildman–Crippen MR) is 257 cm³/mol. The molecule has 0 saturated carbocycles. The van der Waals surface area contributed by atoms with Gasteiger partial charge in [-0.15, -0.1) is 0 Å². The van der Waals surface area contributed by atoms with Gasteiger partial charge in [-0.3, -0.25) is 24.1 Å². The van der Waals surface area contributed by atoms with E-state index < -0.39 is 11.8 Å². The van der Waals surface area contributed by atoms with E-state index in [9.17, 15) is 19.2 Å². The van der Waals surface area contributed by atoms with Crippen LogP contribution in [0.5, 0.6) is 0 Å². The van der Waals surface area contributed by atoms with Gasteiger partial charge < -0.3 is 36.0 Å². The van der Waals surface area contributed by atoms with Crippen LogP contribution in [0.15, 0.2) is 85.2 Å². The number of rotatable bonds is 26. The van der Waals surface area contributed by atoms with E-state index in [0.717, 1.165) is 45.3 Å².